The number of hydrogen-bond acceptors (Lipinski definition) is 4. The number of carbonyl (C=O) groups is 1. The van der Waals surface area contributed by atoms with E-state index < -0.39 is 16.1 Å². The third-order valence-corrected chi connectivity index (χ3v) is 6.04. The van der Waals surface area contributed by atoms with E-state index in [0.29, 0.717) is 12.1 Å². The van der Waals surface area contributed by atoms with Crippen LogP contribution in [-0.2, 0) is 21.4 Å². The maximum absolute atomic E-state index is 12.8. The minimum absolute atomic E-state index is 0.332. The molecular formula is C21H29N3O3S. The van der Waals surface area contributed by atoms with Crippen molar-refractivity contribution < 1.29 is 13.2 Å². The number of anilines is 1. The topological polar surface area (TPSA) is 69.7 Å². The molecule has 0 radical (unpaired) electrons. The highest BCUT2D eigenvalue weighted by Gasteiger charge is 2.30. The first-order valence-corrected chi connectivity index (χ1v) is 11.2. The molecule has 1 atom stereocenters. The molecule has 0 aliphatic carbocycles. The van der Waals surface area contributed by atoms with Crippen LogP contribution in [0.4, 0.5) is 5.69 Å². The molecule has 2 aromatic rings. The normalized spacial score (nSPS) is 12.6. The van der Waals surface area contributed by atoms with Crippen molar-refractivity contribution in [2.24, 2.45) is 0 Å². The first-order valence-electron chi connectivity index (χ1n) is 9.37. The lowest BCUT2D eigenvalue weighted by Crippen LogP contribution is -2.41. The van der Waals surface area contributed by atoms with Crippen LogP contribution < -0.4 is 10.2 Å². The predicted molar refractivity (Wildman–Crippen MR) is 114 cm³/mol. The van der Waals surface area contributed by atoms with Gasteiger partial charge in [-0.05, 0) is 37.1 Å². The van der Waals surface area contributed by atoms with Gasteiger partial charge in [-0.3, -0.25) is 4.79 Å². The fourth-order valence-corrected chi connectivity index (χ4v) is 3.65. The van der Waals surface area contributed by atoms with Crippen molar-refractivity contribution in [3.8, 4) is 0 Å². The standard InChI is InChI=1S/C21H29N3O3S/c1-5-24(6-2)19-14-12-17(13-15-19)16-22-21(25)20(23(3)28(4,26)27)18-10-8-7-9-11-18/h7-15,20H,5-6,16H2,1-4H3,(H,22,25)/t20-/m0/s1. The summed E-state index contributed by atoms with van der Waals surface area (Å²) in [4.78, 5) is 15.1. The van der Waals surface area contributed by atoms with Crippen LogP contribution in [0.25, 0.3) is 0 Å². The van der Waals surface area contributed by atoms with Crippen LogP contribution in [0.15, 0.2) is 54.6 Å². The largest absolute Gasteiger partial charge is 0.372 e. The molecule has 1 N–H and O–H groups in total. The maximum Gasteiger partial charge on any atom is 0.243 e. The van der Waals surface area contributed by atoms with Crippen molar-refractivity contribution in [3.05, 3.63) is 65.7 Å². The summed E-state index contributed by atoms with van der Waals surface area (Å²) < 4.78 is 25.1. The minimum Gasteiger partial charge on any atom is -0.372 e. The van der Waals surface area contributed by atoms with E-state index in [4.69, 9.17) is 0 Å². The Labute approximate surface area is 168 Å². The zero-order chi connectivity index (χ0) is 20.7. The van der Waals surface area contributed by atoms with Crippen LogP contribution in [0.3, 0.4) is 0 Å². The SMILES string of the molecule is CCN(CC)c1ccc(CNC(=O)[C@H](c2ccccc2)N(C)S(C)(=O)=O)cc1. The molecule has 28 heavy (non-hydrogen) atoms. The molecule has 0 heterocycles. The van der Waals surface area contributed by atoms with Crippen LogP contribution in [0.2, 0.25) is 0 Å². The van der Waals surface area contributed by atoms with Crippen LogP contribution in [0.5, 0.6) is 0 Å². The monoisotopic (exact) mass is 403 g/mol. The number of hydrogen-bond donors (Lipinski definition) is 1. The minimum atomic E-state index is -3.53. The molecule has 0 bridgehead atoms. The van der Waals surface area contributed by atoms with Gasteiger partial charge < -0.3 is 10.2 Å². The van der Waals surface area contributed by atoms with Crippen LogP contribution in [0, 0.1) is 0 Å². The molecular weight excluding hydrogens is 374 g/mol. The first kappa shape index (κ1) is 21.9. The number of sulfonamides is 1. The summed E-state index contributed by atoms with van der Waals surface area (Å²) in [5.41, 5.74) is 2.72. The van der Waals surface area contributed by atoms with Crippen LogP contribution in [-0.4, -0.2) is 45.0 Å². The summed E-state index contributed by atoms with van der Waals surface area (Å²) in [5, 5.41) is 2.87. The summed E-state index contributed by atoms with van der Waals surface area (Å²) >= 11 is 0. The predicted octanol–water partition coefficient (Wildman–Crippen LogP) is 2.78. The Bertz CT molecular complexity index is 864. The second kappa shape index (κ2) is 9.71. The van der Waals surface area contributed by atoms with Crippen molar-refractivity contribution >= 4 is 21.6 Å². The maximum atomic E-state index is 12.8. The Balaban J connectivity index is 2.14. The Morgan fingerprint density at radius 2 is 1.57 bits per heavy atom. The Hall–Kier alpha value is -2.38. The fraction of sp³-hybridized carbons (Fsp3) is 0.381. The third-order valence-electron chi connectivity index (χ3n) is 4.78. The first-order chi connectivity index (χ1) is 13.3. The Morgan fingerprint density at radius 1 is 1.00 bits per heavy atom. The Morgan fingerprint density at radius 3 is 2.07 bits per heavy atom. The Kier molecular flexibility index (Phi) is 7.60. The van der Waals surface area contributed by atoms with Crippen molar-refractivity contribution in [1.82, 2.24) is 9.62 Å². The van der Waals surface area contributed by atoms with Gasteiger partial charge in [0, 0.05) is 32.4 Å². The molecule has 0 aliphatic heterocycles. The van der Waals surface area contributed by atoms with E-state index >= 15 is 0 Å². The van der Waals surface area contributed by atoms with Gasteiger partial charge >= 0.3 is 0 Å². The van der Waals surface area contributed by atoms with Crippen molar-refractivity contribution in [1.29, 1.82) is 0 Å². The summed E-state index contributed by atoms with van der Waals surface area (Å²) in [6.07, 6.45) is 1.10. The van der Waals surface area contributed by atoms with Crippen molar-refractivity contribution in [2.45, 2.75) is 26.4 Å². The highest BCUT2D eigenvalue weighted by atomic mass is 32.2. The molecule has 0 fully saturated rings. The summed E-state index contributed by atoms with van der Waals surface area (Å²) in [6.45, 7) is 6.42. The quantitative estimate of drug-likeness (QED) is 0.699. The molecule has 2 rings (SSSR count). The summed E-state index contributed by atoms with van der Waals surface area (Å²) in [5.74, 6) is -0.355. The number of nitrogens with one attached hydrogen (secondary N) is 1. The van der Waals surface area contributed by atoms with E-state index in [-0.39, 0.29) is 5.91 Å². The molecule has 0 saturated heterocycles. The van der Waals surface area contributed by atoms with E-state index in [9.17, 15) is 13.2 Å². The van der Waals surface area contributed by atoms with Gasteiger partial charge in [0.25, 0.3) is 0 Å². The molecule has 1 amide bonds. The third kappa shape index (κ3) is 5.56. The molecule has 0 spiro atoms. The van der Waals surface area contributed by atoms with Gasteiger partial charge in [0.15, 0.2) is 0 Å². The number of amides is 1. The van der Waals surface area contributed by atoms with Crippen molar-refractivity contribution in [2.75, 3.05) is 31.3 Å². The van der Waals surface area contributed by atoms with E-state index in [2.05, 4.69) is 24.1 Å². The number of rotatable bonds is 9. The molecule has 2 aromatic carbocycles. The average molecular weight is 404 g/mol. The van der Waals surface area contributed by atoms with Gasteiger partial charge in [0.05, 0.1) is 6.26 Å². The van der Waals surface area contributed by atoms with Crippen LogP contribution in [0.1, 0.15) is 31.0 Å². The fourth-order valence-electron chi connectivity index (χ4n) is 3.05. The average Bonchev–Trinajstić information content (AvgIpc) is 2.68. The molecule has 0 aliphatic rings. The van der Waals surface area contributed by atoms with Crippen LogP contribution >= 0.6 is 0 Å². The smallest absolute Gasteiger partial charge is 0.243 e. The van der Waals surface area contributed by atoms with Crippen molar-refractivity contribution in [3.63, 3.8) is 0 Å². The molecule has 0 aromatic heterocycles. The van der Waals surface area contributed by atoms with Gasteiger partial charge in [-0.2, -0.15) is 4.31 Å². The summed E-state index contributed by atoms with van der Waals surface area (Å²) in [6, 6.07) is 16.0. The number of likely N-dealkylation sites (N-methyl/N-ethyl adjacent to an activating group) is 1. The highest BCUT2D eigenvalue weighted by Crippen LogP contribution is 2.22. The van der Waals surface area contributed by atoms with Gasteiger partial charge in [0.1, 0.15) is 6.04 Å². The molecule has 0 saturated carbocycles. The van der Waals surface area contributed by atoms with E-state index in [1.165, 1.54) is 7.05 Å². The lowest BCUT2D eigenvalue weighted by molar-refractivity contribution is -0.124. The number of nitrogens with zero attached hydrogens (tertiary/aromatic N) is 2. The summed E-state index contributed by atoms with van der Waals surface area (Å²) in [7, 11) is -2.11. The molecule has 152 valence electrons. The second-order valence-electron chi connectivity index (χ2n) is 6.65. The second-order valence-corrected chi connectivity index (χ2v) is 8.69. The molecule has 6 nitrogen and oxygen atoms in total. The highest BCUT2D eigenvalue weighted by molar-refractivity contribution is 7.88. The van der Waals surface area contributed by atoms with Gasteiger partial charge in [-0.15, -0.1) is 0 Å². The lowest BCUT2D eigenvalue weighted by atomic mass is 10.1. The number of benzene rings is 2. The molecule has 0 unspecified atom stereocenters. The van der Waals surface area contributed by atoms with Gasteiger partial charge in [-0.25, -0.2) is 8.42 Å². The van der Waals surface area contributed by atoms with E-state index in [1.54, 1.807) is 24.3 Å². The lowest BCUT2D eigenvalue weighted by Gasteiger charge is -2.25. The zero-order valence-electron chi connectivity index (χ0n) is 16.9. The van der Waals surface area contributed by atoms with E-state index in [1.807, 2.05) is 30.3 Å². The molecule has 7 heteroatoms. The van der Waals surface area contributed by atoms with Gasteiger partial charge in [0.2, 0.25) is 15.9 Å². The zero-order valence-corrected chi connectivity index (χ0v) is 17.7. The number of carbonyl (C=O) groups excluding carboxylic acids is 1. The van der Waals surface area contributed by atoms with E-state index in [0.717, 1.165) is 34.9 Å². The van der Waals surface area contributed by atoms with Gasteiger partial charge in [-0.1, -0.05) is 42.5 Å².